The lowest BCUT2D eigenvalue weighted by Crippen LogP contribution is -2.41. The first-order chi connectivity index (χ1) is 8.53. The SMILES string of the molecule is CCN(C(=O)c1cccnn1)C1CCS(=O)(=O)C1. The summed E-state index contributed by atoms with van der Waals surface area (Å²) < 4.78 is 22.9. The van der Waals surface area contributed by atoms with E-state index in [1.807, 2.05) is 6.92 Å². The largest absolute Gasteiger partial charge is 0.333 e. The molecule has 0 aliphatic carbocycles. The van der Waals surface area contributed by atoms with E-state index in [2.05, 4.69) is 10.2 Å². The first-order valence-electron chi connectivity index (χ1n) is 5.82. The minimum absolute atomic E-state index is 0.0485. The van der Waals surface area contributed by atoms with Crippen molar-refractivity contribution in [3.05, 3.63) is 24.0 Å². The van der Waals surface area contributed by atoms with Crippen LogP contribution in [0.3, 0.4) is 0 Å². The molecule has 0 aromatic carbocycles. The second-order valence-electron chi connectivity index (χ2n) is 4.26. The third kappa shape index (κ3) is 2.66. The molecule has 0 radical (unpaired) electrons. The third-order valence-electron chi connectivity index (χ3n) is 3.04. The molecule has 1 unspecified atom stereocenters. The summed E-state index contributed by atoms with van der Waals surface area (Å²) in [6.07, 6.45) is 2.00. The molecular formula is C11H15N3O3S. The van der Waals surface area contributed by atoms with Gasteiger partial charge < -0.3 is 4.90 Å². The van der Waals surface area contributed by atoms with Crippen molar-refractivity contribution < 1.29 is 13.2 Å². The second-order valence-corrected chi connectivity index (χ2v) is 6.49. The van der Waals surface area contributed by atoms with Crippen molar-refractivity contribution in [2.75, 3.05) is 18.1 Å². The molecule has 1 amide bonds. The Morgan fingerprint density at radius 3 is 2.83 bits per heavy atom. The van der Waals surface area contributed by atoms with Gasteiger partial charge in [-0.25, -0.2) is 8.42 Å². The molecule has 1 saturated heterocycles. The smallest absolute Gasteiger partial charge is 0.274 e. The van der Waals surface area contributed by atoms with Gasteiger partial charge in [-0.05, 0) is 25.5 Å². The Kier molecular flexibility index (Phi) is 3.60. The highest BCUT2D eigenvalue weighted by molar-refractivity contribution is 7.91. The lowest BCUT2D eigenvalue weighted by Gasteiger charge is -2.26. The van der Waals surface area contributed by atoms with E-state index in [1.165, 1.54) is 6.20 Å². The Bertz CT molecular complexity index is 530. The monoisotopic (exact) mass is 269 g/mol. The van der Waals surface area contributed by atoms with E-state index in [-0.39, 0.29) is 29.1 Å². The topological polar surface area (TPSA) is 80.2 Å². The highest BCUT2D eigenvalue weighted by Gasteiger charge is 2.34. The molecule has 98 valence electrons. The van der Waals surface area contributed by atoms with Crippen molar-refractivity contribution in [3.8, 4) is 0 Å². The van der Waals surface area contributed by atoms with Gasteiger partial charge in [0.05, 0.1) is 11.5 Å². The van der Waals surface area contributed by atoms with E-state index in [0.29, 0.717) is 13.0 Å². The number of hydrogen-bond acceptors (Lipinski definition) is 5. The van der Waals surface area contributed by atoms with Crippen LogP contribution in [0.15, 0.2) is 18.3 Å². The first-order valence-corrected chi connectivity index (χ1v) is 7.64. The van der Waals surface area contributed by atoms with Crippen LogP contribution in [0.2, 0.25) is 0 Å². The molecule has 1 fully saturated rings. The predicted molar refractivity (Wildman–Crippen MR) is 65.8 cm³/mol. The molecule has 0 spiro atoms. The van der Waals surface area contributed by atoms with E-state index in [1.54, 1.807) is 17.0 Å². The van der Waals surface area contributed by atoms with Gasteiger partial charge in [-0.3, -0.25) is 4.79 Å². The normalized spacial score (nSPS) is 21.7. The van der Waals surface area contributed by atoms with E-state index in [9.17, 15) is 13.2 Å². The van der Waals surface area contributed by atoms with Crippen LogP contribution < -0.4 is 0 Å². The van der Waals surface area contributed by atoms with Crippen LogP contribution in [0.1, 0.15) is 23.8 Å². The van der Waals surface area contributed by atoms with Crippen LogP contribution in [0.25, 0.3) is 0 Å². The molecule has 0 N–H and O–H groups in total. The fourth-order valence-electron chi connectivity index (χ4n) is 2.15. The maximum atomic E-state index is 12.2. The van der Waals surface area contributed by atoms with Gasteiger partial charge in [-0.1, -0.05) is 0 Å². The molecule has 1 aliphatic heterocycles. The van der Waals surface area contributed by atoms with Crippen LogP contribution in [-0.4, -0.2) is 53.5 Å². The molecule has 7 heteroatoms. The number of amides is 1. The molecule has 2 rings (SSSR count). The summed E-state index contributed by atoms with van der Waals surface area (Å²) in [5, 5.41) is 7.43. The molecule has 2 heterocycles. The summed E-state index contributed by atoms with van der Waals surface area (Å²) in [5.74, 6) is -0.0536. The van der Waals surface area contributed by atoms with E-state index < -0.39 is 9.84 Å². The van der Waals surface area contributed by atoms with E-state index in [0.717, 1.165) is 0 Å². The summed E-state index contributed by atoms with van der Waals surface area (Å²) in [6, 6.07) is 2.98. The maximum absolute atomic E-state index is 12.2. The van der Waals surface area contributed by atoms with Crippen molar-refractivity contribution in [1.82, 2.24) is 15.1 Å². The summed E-state index contributed by atoms with van der Waals surface area (Å²) in [5.41, 5.74) is 0.253. The molecule has 18 heavy (non-hydrogen) atoms. The lowest BCUT2D eigenvalue weighted by atomic mass is 10.2. The van der Waals surface area contributed by atoms with Gasteiger partial charge in [0, 0.05) is 18.8 Å². The summed E-state index contributed by atoms with van der Waals surface area (Å²) >= 11 is 0. The van der Waals surface area contributed by atoms with Crippen LogP contribution >= 0.6 is 0 Å². The van der Waals surface area contributed by atoms with Gasteiger partial charge in [0.2, 0.25) is 0 Å². The van der Waals surface area contributed by atoms with Crippen molar-refractivity contribution in [3.63, 3.8) is 0 Å². The predicted octanol–water partition coefficient (Wildman–Crippen LogP) is 0.126. The standard InChI is InChI=1S/C11H15N3O3S/c1-2-14(9-5-7-18(16,17)8-9)11(15)10-4-3-6-12-13-10/h3-4,6,9H,2,5,7-8H2,1H3. The Morgan fingerprint density at radius 1 is 1.56 bits per heavy atom. The van der Waals surface area contributed by atoms with Gasteiger partial charge >= 0.3 is 0 Å². The van der Waals surface area contributed by atoms with E-state index in [4.69, 9.17) is 0 Å². The van der Waals surface area contributed by atoms with Crippen molar-refractivity contribution >= 4 is 15.7 Å². The maximum Gasteiger partial charge on any atom is 0.274 e. The van der Waals surface area contributed by atoms with Crippen LogP contribution in [0.4, 0.5) is 0 Å². The average molecular weight is 269 g/mol. The molecule has 1 aromatic rings. The molecule has 1 aliphatic rings. The van der Waals surface area contributed by atoms with Gasteiger partial charge in [-0.2, -0.15) is 5.10 Å². The number of nitrogens with zero attached hydrogens (tertiary/aromatic N) is 3. The van der Waals surface area contributed by atoms with Gasteiger partial charge in [0.15, 0.2) is 15.5 Å². The fourth-order valence-corrected chi connectivity index (χ4v) is 3.88. The molecular weight excluding hydrogens is 254 g/mol. The zero-order valence-electron chi connectivity index (χ0n) is 10.1. The minimum Gasteiger partial charge on any atom is -0.333 e. The lowest BCUT2D eigenvalue weighted by molar-refractivity contribution is 0.0701. The van der Waals surface area contributed by atoms with Gasteiger partial charge in [0.25, 0.3) is 5.91 Å². The Hall–Kier alpha value is -1.50. The minimum atomic E-state index is -3.00. The summed E-state index contributed by atoms with van der Waals surface area (Å²) in [7, 11) is -3.00. The Morgan fingerprint density at radius 2 is 2.33 bits per heavy atom. The quantitative estimate of drug-likeness (QED) is 0.779. The Labute approximate surface area is 106 Å². The number of hydrogen-bond donors (Lipinski definition) is 0. The highest BCUT2D eigenvalue weighted by atomic mass is 32.2. The molecule has 0 saturated carbocycles. The summed E-state index contributed by atoms with van der Waals surface area (Å²) in [6.45, 7) is 2.30. The molecule has 6 nitrogen and oxygen atoms in total. The molecule has 1 aromatic heterocycles. The average Bonchev–Trinajstić information content (AvgIpc) is 2.71. The number of sulfone groups is 1. The number of carbonyl (C=O) groups excluding carboxylic acids is 1. The van der Waals surface area contributed by atoms with Crippen molar-refractivity contribution in [2.45, 2.75) is 19.4 Å². The fraction of sp³-hybridized carbons (Fsp3) is 0.545. The van der Waals surface area contributed by atoms with Crippen molar-refractivity contribution in [2.24, 2.45) is 0 Å². The molecule has 0 bridgehead atoms. The van der Waals surface area contributed by atoms with Crippen LogP contribution in [0.5, 0.6) is 0 Å². The summed E-state index contributed by atoms with van der Waals surface area (Å²) in [4.78, 5) is 13.8. The van der Waals surface area contributed by atoms with Gasteiger partial charge in [-0.15, -0.1) is 5.10 Å². The van der Waals surface area contributed by atoms with Crippen LogP contribution in [0, 0.1) is 0 Å². The van der Waals surface area contributed by atoms with Crippen molar-refractivity contribution in [1.29, 1.82) is 0 Å². The zero-order valence-corrected chi connectivity index (χ0v) is 10.9. The molecule has 1 atom stereocenters. The third-order valence-corrected chi connectivity index (χ3v) is 4.79. The number of rotatable bonds is 3. The number of carbonyl (C=O) groups is 1. The highest BCUT2D eigenvalue weighted by Crippen LogP contribution is 2.19. The second kappa shape index (κ2) is 5.01. The first kappa shape index (κ1) is 12.9. The Balaban J connectivity index is 2.17. The van der Waals surface area contributed by atoms with E-state index >= 15 is 0 Å². The van der Waals surface area contributed by atoms with Crippen LogP contribution in [-0.2, 0) is 9.84 Å². The number of aromatic nitrogens is 2. The zero-order chi connectivity index (χ0) is 13.2. The van der Waals surface area contributed by atoms with Gasteiger partial charge in [0.1, 0.15) is 0 Å².